The van der Waals surface area contributed by atoms with Gasteiger partial charge in [-0.3, -0.25) is 9.78 Å². The highest BCUT2D eigenvalue weighted by Gasteiger charge is 2.33. The third-order valence-electron chi connectivity index (χ3n) is 7.72. The van der Waals surface area contributed by atoms with Crippen LogP contribution >= 0.6 is 33.2 Å². The number of nitrogens with zero attached hydrogens (tertiary/aromatic N) is 2. The Morgan fingerprint density at radius 2 is 2.06 bits per heavy atom. The Hall–Kier alpha value is -3.53. The molecule has 0 aliphatic carbocycles. The number of carbonyl (C=O) groups is 1. The molecule has 1 aromatic heterocycles. The van der Waals surface area contributed by atoms with Crippen LogP contribution in [-0.4, -0.2) is 46.9 Å². The number of rotatable bonds is 12. The molecule has 2 fully saturated rings. The van der Waals surface area contributed by atoms with Gasteiger partial charge in [0.15, 0.2) is 5.79 Å². The molecule has 0 unspecified atom stereocenters. The zero-order valence-corrected chi connectivity index (χ0v) is 28.3. The zero-order chi connectivity index (χ0) is 33.0. The molecule has 244 valence electrons. The molecule has 2 aliphatic heterocycles. The van der Waals surface area contributed by atoms with Crippen molar-refractivity contribution in [1.29, 1.82) is 5.26 Å². The van der Waals surface area contributed by atoms with Crippen molar-refractivity contribution < 1.29 is 28.1 Å². The molecule has 47 heavy (non-hydrogen) atoms. The predicted octanol–water partition coefficient (Wildman–Crippen LogP) is 8.41. The molecule has 2 atom stereocenters. The van der Waals surface area contributed by atoms with E-state index in [-0.39, 0.29) is 37.3 Å². The summed E-state index contributed by atoms with van der Waals surface area (Å²) in [4.78, 5) is 17.8. The molecule has 1 N–H and O–H groups in total. The van der Waals surface area contributed by atoms with Crippen molar-refractivity contribution in [3.05, 3.63) is 88.3 Å². The second-order valence-corrected chi connectivity index (χ2v) is 15.0. The molecule has 12 heteroatoms. The monoisotopic (exact) mass is 693 g/mol. The molecular weight excluding hydrogens is 661 g/mol. The zero-order valence-electron chi connectivity index (χ0n) is 25.9. The van der Waals surface area contributed by atoms with Gasteiger partial charge in [-0.2, -0.15) is 5.26 Å². The Labute approximate surface area is 285 Å². The second-order valence-electron chi connectivity index (χ2n) is 11.8. The number of pyridine rings is 1. The molecule has 4 aromatic rings. The van der Waals surface area contributed by atoms with Crippen molar-refractivity contribution >= 4 is 61.2 Å². The maximum absolute atomic E-state index is 13.6. The first kappa shape index (κ1) is 33.4. The number of nitriles is 1. The Kier molecular flexibility index (Phi) is 10.4. The van der Waals surface area contributed by atoms with Gasteiger partial charge in [-0.05, 0) is 62.2 Å². The maximum atomic E-state index is 13.6. The fourth-order valence-electron chi connectivity index (χ4n) is 5.46. The summed E-state index contributed by atoms with van der Waals surface area (Å²) in [5.74, 6) is 1.12. The van der Waals surface area contributed by atoms with Crippen LogP contribution in [-0.2, 0) is 27.3 Å². The molecule has 0 radical (unpaired) electrons. The van der Waals surface area contributed by atoms with E-state index in [9.17, 15) is 14.4 Å². The number of anilines is 2. The Morgan fingerprint density at radius 3 is 2.79 bits per heavy atom. The minimum absolute atomic E-state index is 0.121. The lowest BCUT2D eigenvalue weighted by atomic mass is 10.00. The number of Topliss-reactive ketones (excluding diaryl/α,β-unsaturated/α-hetero) is 1. The summed E-state index contributed by atoms with van der Waals surface area (Å²) >= 11 is 6.57. The van der Waals surface area contributed by atoms with Gasteiger partial charge >= 0.3 is 0 Å². The summed E-state index contributed by atoms with van der Waals surface area (Å²) < 4.78 is 37.3. The normalized spacial score (nSPS) is 18.6. The molecule has 0 bridgehead atoms. The minimum Gasteiger partial charge on any atom is -0.490 e. The number of halogens is 2. The molecule has 0 saturated carbocycles. The lowest BCUT2D eigenvalue weighted by molar-refractivity contribution is -0.141. The van der Waals surface area contributed by atoms with Crippen LogP contribution in [0.2, 0.25) is 5.02 Å². The van der Waals surface area contributed by atoms with Crippen molar-refractivity contribution in [2.24, 2.45) is 0 Å². The highest BCUT2D eigenvalue weighted by Crippen LogP contribution is 2.40. The third-order valence-corrected chi connectivity index (χ3v) is 11.0. The van der Waals surface area contributed by atoms with Gasteiger partial charge < -0.3 is 24.3 Å². The van der Waals surface area contributed by atoms with E-state index in [4.69, 9.17) is 30.5 Å². The van der Waals surface area contributed by atoms with E-state index in [0.717, 1.165) is 12.2 Å². The number of fused-ring (bicyclic) bond motifs is 1. The second kappa shape index (κ2) is 14.7. The highest BCUT2D eigenvalue weighted by atomic mass is 35.5. The number of ketones is 1. The molecule has 2 saturated heterocycles. The van der Waals surface area contributed by atoms with Crippen LogP contribution in [0.4, 0.5) is 15.8 Å². The maximum Gasteiger partial charge on any atom is 0.163 e. The summed E-state index contributed by atoms with van der Waals surface area (Å²) in [6.07, 6.45) is 2.92. The van der Waals surface area contributed by atoms with Crippen LogP contribution in [0, 0.1) is 17.1 Å². The van der Waals surface area contributed by atoms with Gasteiger partial charge in [0, 0.05) is 52.7 Å². The molecule has 0 amide bonds. The van der Waals surface area contributed by atoms with Gasteiger partial charge in [0.2, 0.25) is 0 Å². The number of carbonyl (C=O) groups excluding carboxylic acids is 1. The average Bonchev–Trinajstić information content (AvgIpc) is 3.68. The van der Waals surface area contributed by atoms with Gasteiger partial charge in [-0.15, -0.1) is 0 Å². The molecule has 6 rings (SSSR count). The topological polar surface area (TPSA) is 103 Å². The molecule has 8 nitrogen and oxygen atoms in total. The average molecular weight is 694 g/mol. The van der Waals surface area contributed by atoms with E-state index in [1.54, 1.807) is 51.9 Å². The van der Waals surface area contributed by atoms with E-state index in [1.165, 1.54) is 18.3 Å². The lowest BCUT2D eigenvalue weighted by Crippen LogP contribution is -2.25. The van der Waals surface area contributed by atoms with Crippen molar-refractivity contribution in [1.82, 2.24) is 4.98 Å². The lowest BCUT2D eigenvalue weighted by Gasteiger charge is -2.19. The SMILES string of the molecule is CC1(C)OC[C@H](COc2cc3ncc(C#N)c(Nc4ccc(OCc5cccc(F)c5)c(Cl)c4)c3cc2CC(=O)C[C@H]2CCSS2)O1. The van der Waals surface area contributed by atoms with Gasteiger partial charge in [-0.25, -0.2) is 4.39 Å². The van der Waals surface area contributed by atoms with Crippen molar-refractivity contribution in [2.75, 3.05) is 24.3 Å². The molecule has 3 aromatic carbocycles. The van der Waals surface area contributed by atoms with E-state index >= 15 is 0 Å². The molecule has 2 aliphatic rings. The summed E-state index contributed by atoms with van der Waals surface area (Å²) in [6, 6.07) is 17.3. The van der Waals surface area contributed by atoms with Gasteiger partial charge in [0.1, 0.15) is 48.5 Å². The number of benzene rings is 3. The standard InChI is InChI=1S/C35H33ClFN3O5S2/c1-35(2)44-20-27(45-35)19-43-33-15-31-29(12-22(33)11-26(41)14-28-8-9-46-47-28)34(23(16-38)17-39-31)40-25-6-7-32(30(36)13-25)42-18-21-4-3-5-24(37)10-21/h3-7,10,12-13,15,17,27-28H,8-9,11,14,18-20H2,1-2H3,(H,39,40)/t27-,28+/m0/s1. The van der Waals surface area contributed by atoms with Gasteiger partial charge in [-0.1, -0.05) is 45.3 Å². The van der Waals surface area contributed by atoms with Crippen molar-refractivity contribution in [3.63, 3.8) is 0 Å². The molecular formula is C35H33ClFN3O5S2. The van der Waals surface area contributed by atoms with Crippen LogP contribution in [0.1, 0.15) is 43.4 Å². The molecule has 3 heterocycles. The van der Waals surface area contributed by atoms with Gasteiger partial charge in [0.25, 0.3) is 0 Å². The Bertz CT molecular complexity index is 1830. The number of hydrogen-bond donors (Lipinski definition) is 1. The smallest absolute Gasteiger partial charge is 0.163 e. The number of hydrogen-bond acceptors (Lipinski definition) is 10. The first-order valence-electron chi connectivity index (χ1n) is 15.2. The first-order valence-corrected chi connectivity index (χ1v) is 18.0. The molecule has 0 spiro atoms. The predicted molar refractivity (Wildman–Crippen MR) is 184 cm³/mol. The first-order chi connectivity index (χ1) is 22.7. The Balaban J connectivity index is 1.27. The van der Waals surface area contributed by atoms with Crippen LogP contribution < -0.4 is 14.8 Å². The van der Waals surface area contributed by atoms with E-state index in [1.807, 2.05) is 26.0 Å². The summed E-state index contributed by atoms with van der Waals surface area (Å²) in [5.41, 5.74) is 3.44. The van der Waals surface area contributed by atoms with Crippen LogP contribution in [0.15, 0.2) is 60.8 Å². The van der Waals surface area contributed by atoms with E-state index < -0.39 is 5.79 Å². The summed E-state index contributed by atoms with van der Waals surface area (Å²) in [6.45, 7) is 4.52. The third kappa shape index (κ3) is 8.50. The Morgan fingerprint density at radius 1 is 1.19 bits per heavy atom. The van der Waals surface area contributed by atoms with E-state index in [0.29, 0.717) is 73.8 Å². The van der Waals surface area contributed by atoms with Crippen LogP contribution in [0.5, 0.6) is 11.5 Å². The summed E-state index contributed by atoms with van der Waals surface area (Å²) in [7, 11) is 3.58. The van der Waals surface area contributed by atoms with Crippen LogP contribution in [0.3, 0.4) is 0 Å². The highest BCUT2D eigenvalue weighted by molar-refractivity contribution is 8.77. The fourth-order valence-corrected chi connectivity index (χ4v) is 8.63. The van der Waals surface area contributed by atoms with Crippen LogP contribution in [0.25, 0.3) is 10.9 Å². The van der Waals surface area contributed by atoms with Crippen molar-refractivity contribution in [3.8, 4) is 17.6 Å². The number of nitrogens with one attached hydrogen (secondary N) is 1. The quantitative estimate of drug-likeness (QED) is 0.146. The number of ether oxygens (including phenoxy) is 4. The number of aromatic nitrogens is 1. The fraction of sp³-hybridized carbons (Fsp3) is 0.343. The van der Waals surface area contributed by atoms with Gasteiger partial charge in [0.05, 0.1) is 28.4 Å². The largest absolute Gasteiger partial charge is 0.490 e. The minimum atomic E-state index is -0.683. The summed E-state index contributed by atoms with van der Waals surface area (Å²) in [5, 5.41) is 14.7. The van der Waals surface area contributed by atoms with E-state index in [2.05, 4.69) is 16.4 Å². The van der Waals surface area contributed by atoms with Crippen molar-refractivity contribution in [2.45, 2.75) is 56.9 Å².